The zero-order valence-electron chi connectivity index (χ0n) is 10.3. The van der Waals surface area contributed by atoms with Gasteiger partial charge in [-0.1, -0.05) is 0 Å². The smallest absolute Gasteiger partial charge is 0.234 e. The molecule has 4 heteroatoms. The summed E-state index contributed by atoms with van der Waals surface area (Å²) >= 11 is 0. The molecule has 0 aliphatic carbocycles. The second kappa shape index (κ2) is 4.49. The molecule has 2 N–H and O–H groups in total. The lowest BCUT2D eigenvalue weighted by Crippen LogP contribution is -2.57. The number of piperazine rings is 1. The van der Waals surface area contributed by atoms with E-state index in [9.17, 15) is 4.79 Å². The van der Waals surface area contributed by atoms with Gasteiger partial charge in [0, 0.05) is 31.7 Å². The molecule has 0 spiro atoms. The summed E-state index contributed by atoms with van der Waals surface area (Å²) in [6, 6.07) is -0.132. The normalized spacial score (nSPS) is 22.7. The quantitative estimate of drug-likeness (QED) is 0.716. The highest BCUT2D eigenvalue weighted by Gasteiger charge is 2.28. The molecule has 1 saturated heterocycles. The minimum Gasteiger partial charge on any atom is -0.368 e. The molecule has 1 aliphatic heterocycles. The van der Waals surface area contributed by atoms with Crippen LogP contribution < -0.4 is 5.73 Å². The van der Waals surface area contributed by atoms with Crippen molar-refractivity contribution in [2.45, 2.75) is 39.3 Å². The average Bonchev–Trinajstić information content (AvgIpc) is 2.15. The predicted octanol–water partition coefficient (Wildman–Crippen LogP) is 0.276. The maximum absolute atomic E-state index is 11.0. The topological polar surface area (TPSA) is 49.6 Å². The molecule has 0 aromatic carbocycles. The second-order valence-corrected chi connectivity index (χ2v) is 5.27. The van der Waals surface area contributed by atoms with E-state index in [0.717, 1.165) is 26.2 Å². The Bertz CT molecular complexity index is 226. The SMILES string of the molecule is C[C@H](C(N)=O)N1CCN(C(C)(C)C)CC1. The number of carbonyl (C=O) groups is 1. The Morgan fingerprint density at radius 1 is 1.20 bits per heavy atom. The molecule has 0 aromatic heterocycles. The van der Waals surface area contributed by atoms with E-state index in [4.69, 9.17) is 5.73 Å². The van der Waals surface area contributed by atoms with Crippen LogP contribution in [0.5, 0.6) is 0 Å². The Morgan fingerprint density at radius 3 is 2.00 bits per heavy atom. The average molecular weight is 213 g/mol. The van der Waals surface area contributed by atoms with Gasteiger partial charge in [-0.15, -0.1) is 0 Å². The van der Waals surface area contributed by atoms with Crippen molar-refractivity contribution in [3.63, 3.8) is 0 Å². The van der Waals surface area contributed by atoms with E-state index in [1.54, 1.807) is 0 Å². The molecule has 1 aliphatic rings. The first-order valence-electron chi connectivity index (χ1n) is 5.61. The first kappa shape index (κ1) is 12.5. The number of hydrogen-bond acceptors (Lipinski definition) is 3. The number of amides is 1. The number of carbonyl (C=O) groups excluding carboxylic acids is 1. The fraction of sp³-hybridized carbons (Fsp3) is 0.909. The number of primary amides is 1. The van der Waals surface area contributed by atoms with E-state index in [-0.39, 0.29) is 17.5 Å². The van der Waals surface area contributed by atoms with Crippen molar-refractivity contribution in [2.75, 3.05) is 26.2 Å². The Morgan fingerprint density at radius 2 is 1.67 bits per heavy atom. The third kappa shape index (κ3) is 3.18. The second-order valence-electron chi connectivity index (χ2n) is 5.27. The molecule has 0 saturated carbocycles. The van der Waals surface area contributed by atoms with Gasteiger partial charge in [-0.3, -0.25) is 14.6 Å². The largest absolute Gasteiger partial charge is 0.368 e. The van der Waals surface area contributed by atoms with E-state index in [1.807, 2.05) is 6.92 Å². The summed E-state index contributed by atoms with van der Waals surface area (Å²) in [5.74, 6) is -0.223. The zero-order chi connectivity index (χ0) is 11.6. The molecule has 15 heavy (non-hydrogen) atoms. The molecule has 1 amide bonds. The van der Waals surface area contributed by atoms with E-state index < -0.39 is 0 Å². The van der Waals surface area contributed by atoms with Crippen molar-refractivity contribution in [2.24, 2.45) is 5.73 Å². The highest BCUT2D eigenvalue weighted by molar-refractivity contribution is 5.79. The van der Waals surface area contributed by atoms with Crippen molar-refractivity contribution >= 4 is 5.91 Å². The van der Waals surface area contributed by atoms with Gasteiger partial charge in [0.25, 0.3) is 0 Å². The van der Waals surface area contributed by atoms with Crippen LogP contribution in [0.25, 0.3) is 0 Å². The number of nitrogens with zero attached hydrogens (tertiary/aromatic N) is 2. The van der Waals surface area contributed by atoms with Gasteiger partial charge in [0.15, 0.2) is 0 Å². The molecule has 0 aromatic rings. The van der Waals surface area contributed by atoms with E-state index in [2.05, 4.69) is 30.6 Å². The third-order valence-corrected chi connectivity index (χ3v) is 3.22. The lowest BCUT2D eigenvalue weighted by Gasteiger charge is -2.43. The minimum absolute atomic E-state index is 0.132. The molecule has 1 heterocycles. The number of rotatable bonds is 2. The molecule has 1 rings (SSSR count). The first-order chi connectivity index (χ1) is 6.82. The summed E-state index contributed by atoms with van der Waals surface area (Å²) in [7, 11) is 0. The van der Waals surface area contributed by atoms with E-state index in [0.29, 0.717) is 0 Å². The fourth-order valence-electron chi connectivity index (χ4n) is 1.96. The Kier molecular flexibility index (Phi) is 3.73. The van der Waals surface area contributed by atoms with Crippen molar-refractivity contribution in [1.82, 2.24) is 9.80 Å². The predicted molar refractivity (Wildman–Crippen MR) is 61.6 cm³/mol. The van der Waals surface area contributed by atoms with Crippen LogP contribution in [0.2, 0.25) is 0 Å². The lowest BCUT2D eigenvalue weighted by atomic mass is 10.0. The van der Waals surface area contributed by atoms with Crippen molar-refractivity contribution in [1.29, 1.82) is 0 Å². The van der Waals surface area contributed by atoms with Crippen LogP contribution in [0.1, 0.15) is 27.7 Å². The fourth-order valence-corrected chi connectivity index (χ4v) is 1.96. The Balaban J connectivity index is 2.46. The first-order valence-corrected chi connectivity index (χ1v) is 5.61. The molecule has 1 atom stereocenters. The molecular formula is C11H23N3O. The third-order valence-electron chi connectivity index (χ3n) is 3.22. The summed E-state index contributed by atoms with van der Waals surface area (Å²) in [6.45, 7) is 12.4. The van der Waals surface area contributed by atoms with Gasteiger partial charge in [0.05, 0.1) is 6.04 Å². The van der Waals surface area contributed by atoms with Gasteiger partial charge in [0.2, 0.25) is 5.91 Å². The van der Waals surface area contributed by atoms with Crippen LogP contribution >= 0.6 is 0 Å². The van der Waals surface area contributed by atoms with Crippen LogP contribution in [-0.4, -0.2) is 53.5 Å². The van der Waals surface area contributed by atoms with Crippen LogP contribution in [0, 0.1) is 0 Å². The molecule has 0 unspecified atom stereocenters. The molecule has 4 nitrogen and oxygen atoms in total. The van der Waals surface area contributed by atoms with Gasteiger partial charge < -0.3 is 5.73 Å². The van der Waals surface area contributed by atoms with Gasteiger partial charge >= 0.3 is 0 Å². The van der Waals surface area contributed by atoms with Crippen LogP contribution in [0.15, 0.2) is 0 Å². The van der Waals surface area contributed by atoms with Crippen LogP contribution in [-0.2, 0) is 4.79 Å². The molecule has 0 radical (unpaired) electrons. The monoisotopic (exact) mass is 213 g/mol. The standard InChI is InChI=1S/C11H23N3O/c1-9(10(12)15)13-5-7-14(8-6-13)11(2,3)4/h9H,5-8H2,1-4H3,(H2,12,15)/t9-/m1/s1. The molecule has 1 fully saturated rings. The van der Waals surface area contributed by atoms with Crippen LogP contribution in [0.4, 0.5) is 0 Å². The number of nitrogens with two attached hydrogens (primary N) is 1. The highest BCUT2D eigenvalue weighted by atomic mass is 16.1. The van der Waals surface area contributed by atoms with Crippen molar-refractivity contribution < 1.29 is 4.79 Å². The lowest BCUT2D eigenvalue weighted by molar-refractivity contribution is -0.123. The van der Waals surface area contributed by atoms with Crippen molar-refractivity contribution in [3.05, 3.63) is 0 Å². The van der Waals surface area contributed by atoms with Gasteiger partial charge in [-0.2, -0.15) is 0 Å². The number of hydrogen-bond donors (Lipinski definition) is 1. The molecular weight excluding hydrogens is 190 g/mol. The highest BCUT2D eigenvalue weighted by Crippen LogP contribution is 2.16. The van der Waals surface area contributed by atoms with Gasteiger partial charge in [-0.05, 0) is 27.7 Å². The maximum Gasteiger partial charge on any atom is 0.234 e. The van der Waals surface area contributed by atoms with Gasteiger partial charge in [0.1, 0.15) is 0 Å². The summed E-state index contributed by atoms with van der Waals surface area (Å²) in [5, 5.41) is 0. The minimum atomic E-state index is -0.223. The van der Waals surface area contributed by atoms with E-state index in [1.165, 1.54) is 0 Å². The molecule has 0 bridgehead atoms. The van der Waals surface area contributed by atoms with Gasteiger partial charge in [-0.25, -0.2) is 0 Å². The zero-order valence-corrected chi connectivity index (χ0v) is 10.3. The molecule has 88 valence electrons. The van der Waals surface area contributed by atoms with Crippen LogP contribution in [0.3, 0.4) is 0 Å². The summed E-state index contributed by atoms with van der Waals surface area (Å²) in [6.07, 6.45) is 0. The summed E-state index contributed by atoms with van der Waals surface area (Å²) < 4.78 is 0. The Hall–Kier alpha value is -0.610. The van der Waals surface area contributed by atoms with E-state index >= 15 is 0 Å². The van der Waals surface area contributed by atoms with Crippen molar-refractivity contribution in [3.8, 4) is 0 Å². The summed E-state index contributed by atoms with van der Waals surface area (Å²) in [5.41, 5.74) is 5.52. The maximum atomic E-state index is 11.0. The summed E-state index contributed by atoms with van der Waals surface area (Å²) in [4.78, 5) is 15.6. The Labute approximate surface area is 92.4 Å².